The maximum absolute atomic E-state index is 9.99. The summed E-state index contributed by atoms with van der Waals surface area (Å²) in [5.41, 5.74) is 0. The van der Waals surface area contributed by atoms with E-state index in [4.69, 9.17) is 18.9 Å². The van der Waals surface area contributed by atoms with Crippen molar-refractivity contribution in [2.75, 3.05) is 52.9 Å². The Balaban J connectivity index is 0. The van der Waals surface area contributed by atoms with Gasteiger partial charge in [0.05, 0.1) is 39.3 Å². The van der Waals surface area contributed by atoms with E-state index >= 15 is 0 Å². The fourth-order valence-corrected chi connectivity index (χ4v) is 0.791. The first-order valence-electron chi connectivity index (χ1n) is 4.95. The molecule has 0 aromatic heterocycles. The molecule has 0 saturated carbocycles. The zero-order valence-corrected chi connectivity index (χ0v) is 13.1. The van der Waals surface area contributed by atoms with Gasteiger partial charge in [0.15, 0.2) is 0 Å². The largest absolute Gasteiger partial charge is 1.00 e. The van der Waals surface area contributed by atoms with Crippen LogP contribution in [0, 0.1) is 0 Å². The molecule has 0 N–H and O–H groups in total. The van der Waals surface area contributed by atoms with E-state index in [-0.39, 0.29) is 64.6 Å². The molecule has 0 unspecified atom stereocenters. The molecule has 0 atom stereocenters. The van der Waals surface area contributed by atoms with Crippen LogP contribution in [0.3, 0.4) is 0 Å². The third-order valence-electron chi connectivity index (χ3n) is 1.44. The van der Waals surface area contributed by atoms with Gasteiger partial charge in [0.1, 0.15) is 6.61 Å². The van der Waals surface area contributed by atoms with Crippen LogP contribution >= 0.6 is 0 Å². The molecule has 6 heteroatoms. The molecular weight excluding hydrogens is 239 g/mol. The Morgan fingerprint density at radius 1 is 0.812 bits per heavy atom. The predicted molar refractivity (Wildman–Crippen MR) is 53.5 cm³/mol. The van der Waals surface area contributed by atoms with Crippen molar-refractivity contribution in [1.29, 1.82) is 0 Å². The maximum atomic E-state index is 9.99. The Hall–Kier alpha value is 1.02. The summed E-state index contributed by atoms with van der Waals surface area (Å²) in [4.78, 5) is 0. The van der Waals surface area contributed by atoms with Crippen LogP contribution in [0.25, 0.3) is 0 Å². The van der Waals surface area contributed by atoms with Crippen LogP contribution in [0.2, 0.25) is 0 Å². The van der Waals surface area contributed by atoms with Gasteiger partial charge >= 0.3 is 51.4 Å². The van der Waals surface area contributed by atoms with Crippen LogP contribution in [0.4, 0.5) is 0 Å². The average Bonchev–Trinajstić information content (AvgIpc) is 2.26. The molecule has 16 heavy (non-hydrogen) atoms. The molecular formula is C10H19KO5. The van der Waals surface area contributed by atoms with Gasteiger partial charge in [-0.25, -0.2) is 0 Å². The van der Waals surface area contributed by atoms with E-state index in [0.717, 1.165) is 0 Å². The fourth-order valence-electron chi connectivity index (χ4n) is 0.791. The Labute approximate surface area is 140 Å². The molecule has 0 aliphatic rings. The monoisotopic (exact) mass is 258 g/mol. The van der Waals surface area contributed by atoms with Crippen molar-refractivity contribution < 1.29 is 75.4 Å². The first-order chi connectivity index (χ1) is 7.41. The van der Waals surface area contributed by atoms with E-state index in [1.54, 1.807) is 0 Å². The van der Waals surface area contributed by atoms with E-state index in [2.05, 4.69) is 6.58 Å². The molecule has 0 aromatic carbocycles. The molecule has 0 radical (unpaired) electrons. The van der Waals surface area contributed by atoms with Crippen molar-refractivity contribution in [2.24, 2.45) is 0 Å². The summed E-state index contributed by atoms with van der Waals surface area (Å²) in [6.07, 6.45) is 1.38. The predicted octanol–water partition coefficient (Wildman–Crippen LogP) is -3.44. The third-order valence-corrected chi connectivity index (χ3v) is 1.44. The third kappa shape index (κ3) is 17.4. The maximum Gasteiger partial charge on any atom is 1.00 e. The zero-order chi connectivity index (χ0) is 11.2. The molecule has 0 rings (SSSR count). The molecule has 0 saturated heterocycles. The van der Waals surface area contributed by atoms with Gasteiger partial charge in [-0.15, -0.1) is 6.61 Å². The summed E-state index contributed by atoms with van der Waals surface area (Å²) in [7, 11) is 0. The molecule has 0 heterocycles. The summed E-state index contributed by atoms with van der Waals surface area (Å²) in [5, 5.41) is 9.99. The zero-order valence-electron chi connectivity index (χ0n) is 9.98. The number of rotatable bonds is 12. The van der Waals surface area contributed by atoms with Gasteiger partial charge in [-0.1, -0.05) is 6.58 Å². The molecule has 90 valence electrons. The fraction of sp³-hybridized carbons (Fsp3) is 0.800. The van der Waals surface area contributed by atoms with Crippen LogP contribution in [0.15, 0.2) is 12.8 Å². The van der Waals surface area contributed by atoms with Crippen molar-refractivity contribution in [3.05, 3.63) is 12.8 Å². The minimum atomic E-state index is -0.202. The Morgan fingerprint density at radius 3 is 1.69 bits per heavy atom. The van der Waals surface area contributed by atoms with Crippen LogP contribution in [0.5, 0.6) is 0 Å². The first-order valence-corrected chi connectivity index (χ1v) is 4.95. The van der Waals surface area contributed by atoms with Crippen LogP contribution in [-0.4, -0.2) is 52.9 Å². The second-order valence-corrected chi connectivity index (χ2v) is 2.58. The average molecular weight is 258 g/mol. The van der Waals surface area contributed by atoms with Crippen molar-refractivity contribution in [1.82, 2.24) is 0 Å². The molecule has 0 aliphatic carbocycles. The summed E-state index contributed by atoms with van der Waals surface area (Å²) >= 11 is 0. The normalized spacial score (nSPS) is 9.56. The quantitative estimate of drug-likeness (QED) is 0.207. The number of ether oxygens (including phenoxy) is 4. The van der Waals surface area contributed by atoms with Gasteiger partial charge in [-0.05, 0) is 0 Å². The Bertz CT molecular complexity index is 134. The smallest absolute Gasteiger partial charge is 0.853 e. The molecule has 0 spiro atoms. The van der Waals surface area contributed by atoms with Crippen LogP contribution in [0.1, 0.15) is 0 Å². The van der Waals surface area contributed by atoms with Crippen molar-refractivity contribution in [2.45, 2.75) is 0 Å². The second-order valence-electron chi connectivity index (χ2n) is 2.58. The molecule has 0 aromatic rings. The summed E-state index contributed by atoms with van der Waals surface area (Å²) < 4.78 is 20.1. The molecule has 5 nitrogen and oxygen atoms in total. The summed E-state index contributed by atoms with van der Waals surface area (Å²) in [6.45, 7) is 6.50. The SMILES string of the molecule is C=COCCOCCOCCOCC[O-].[K+]. The Kier molecular flexibility index (Phi) is 22.2. The van der Waals surface area contributed by atoms with Gasteiger partial charge < -0.3 is 24.1 Å². The first kappa shape index (κ1) is 19.4. The molecule has 0 fully saturated rings. The van der Waals surface area contributed by atoms with Gasteiger partial charge in [0.25, 0.3) is 0 Å². The van der Waals surface area contributed by atoms with Crippen LogP contribution < -0.4 is 56.5 Å². The van der Waals surface area contributed by atoms with E-state index < -0.39 is 0 Å². The molecule has 0 bridgehead atoms. The minimum absolute atomic E-state index is 0. The molecule has 0 aliphatic heterocycles. The second kappa shape index (κ2) is 18.4. The summed E-state index contributed by atoms with van der Waals surface area (Å²) in [6, 6.07) is 0. The van der Waals surface area contributed by atoms with Gasteiger partial charge in [0.2, 0.25) is 0 Å². The van der Waals surface area contributed by atoms with Gasteiger partial charge in [0, 0.05) is 6.61 Å². The van der Waals surface area contributed by atoms with E-state index in [0.29, 0.717) is 39.6 Å². The van der Waals surface area contributed by atoms with Crippen molar-refractivity contribution in [3.8, 4) is 0 Å². The van der Waals surface area contributed by atoms with Gasteiger partial charge in [-0.2, -0.15) is 0 Å². The Morgan fingerprint density at radius 2 is 1.25 bits per heavy atom. The van der Waals surface area contributed by atoms with E-state index in [1.807, 2.05) is 0 Å². The summed E-state index contributed by atoms with van der Waals surface area (Å²) in [5.74, 6) is 0. The van der Waals surface area contributed by atoms with Crippen LogP contribution in [-0.2, 0) is 18.9 Å². The van der Waals surface area contributed by atoms with Crippen molar-refractivity contribution in [3.63, 3.8) is 0 Å². The van der Waals surface area contributed by atoms with Crippen molar-refractivity contribution >= 4 is 0 Å². The standard InChI is InChI=1S/C10H19O5.K/c1-2-12-5-6-14-9-10-15-8-7-13-4-3-11;/h2H,1,3-10H2;/q-1;+1. The van der Waals surface area contributed by atoms with Gasteiger partial charge in [-0.3, -0.25) is 0 Å². The van der Waals surface area contributed by atoms with E-state index in [1.165, 1.54) is 6.26 Å². The minimum Gasteiger partial charge on any atom is -0.853 e. The topological polar surface area (TPSA) is 60.0 Å². The number of hydrogen-bond acceptors (Lipinski definition) is 5. The van der Waals surface area contributed by atoms with E-state index in [9.17, 15) is 5.11 Å². The number of hydrogen-bond donors (Lipinski definition) is 0. The molecule has 0 amide bonds.